The van der Waals surface area contributed by atoms with E-state index in [4.69, 9.17) is 5.11 Å². The number of piperidine rings is 1. The Labute approximate surface area is 161 Å². The maximum Gasteiger partial charge on any atom is 0.323 e. The molecule has 0 radical (unpaired) electrons. The molecule has 1 unspecified atom stereocenters. The van der Waals surface area contributed by atoms with E-state index >= 15 is 0 Å². The monoisotopic (exact) mass is 396 g/mol. The molecule has 1 aliphatic rings. The minimum Gasteiger partial charge on any atom is -0.480 e. The number of hydrogen-bond acceptors (Lipinski definition) is 4. The summed E-state index contributed by atoms with van der Waals surface area (Å²) in [4.78, 5) is 25.3. The number of benzene rings is 1. The summed E-state index contributed by atoms with van der Waals surface area (Å²) in [5.41, 5.74) is 0.854. The summed E-state index contributed by atoms with van der Waals surface area (Å²) < 4.78 is 27.6. The van der Waals surface area contributed by atoms with Crippen LogP contribution in [-0.2, 0) is 14.8 Å². The molecule has 0 aliphatic carbocycles. The van der Waals surface area contributed by atoms with Crippen LogP contribution < -0.4 is 0 Å². The lowest BCUT2D eigenvalue weighted by Gasteiger charge is -2.32. The Morgan fingerprint density at radius 1 is 1.30 bits per heavy atom. The minimum atomic E-state index is -3.70. The molecule has 1 amide bonds. The number of carboxylic acids is 1. The van der Waals surface area contributed by atoms with E-state index in [-0.39, 0.29) is 16.5 Å². The van der Waals surface area contributed by atoms with Gasteiger partial charge < -0.3 is 10.0 Å². The number of carbonyl (C=O) groups excluding carboxylic acids is 1. The zero-order valence-corrected chi connectivity index (χ0v) is 17.0. The number of aliphatic carboxylic acids is 1. The van der Waals surface area contributed by atoms with Crippen molar-refractivity contribution >= 4 is 21.9 Å². The van der Waals surface area contributed by atoms with Gasteiger partial charge in [-0.05, 0) is 50.8 Å². The van der Waals surface area contributed by atoms with Crippen LogP contribution >= 0.6 is 0 Å². The molecular weight excluding hydrogens is 368 g/mol. The molecule has 1 saturated heterocycles. The maximum absolute atomic E-state index is 13.1. The summed E-state index contributed by atoms with van der Waals surface area (Å²) in [5, 5.41) is 9.06. The highest BCUT2D eigenvalue weighted by atomic mass is 32.2. The first-order valence-electron chi connectivity index (χ1n) is 9.32. The van der Waals surface area contributed by atoms with E-state index in [2.05, 4.69) is 0 Å². The second-order valence-electron chi connectivity index (χ2n) is 7.06. The van der Waals surface area contributed by atoms with Gasteiger partial charge in [0.2, 0.25) is 10.0 Å². The maximum atomic E-state index is 13.1. The molecule has 7 nitrogen and oxygen atoms in total. The van der Waals surface area contributed by atoms with E-state index in [1.54, 1.807) is 13.0 Å². The largest absolute Gasteiger partial charge is 0.480 e. The smallest absolute Gasteiger partial charge is 0.323 e. The number of nitrogens with zero attached hydrogens (tertiary/aromatic N) is 2. The Kier molecular flexibility index (Phi) is 7.00. The van der Waals surface area contributed by atoms with E-state index in [1.807, 2.05) is 13.8 Å². The van der Waals surface area contributed by atoms with Gasteiger partial charge in [-0.1, -0.05) is 19.4 Å². The Bertz CT molecular complexity index is 806. The van der Waals surface area contributed by atoms with E-state index in [9.17, 15) is 18.0 Å². The number of aryl methyl sites for hydroxylation is 1. The summed E-state index contributed by atoms with van der Waals surface area (Å²) in [6.07, 6.45) is 3.26. The summed E-state index contributed by atoms with van der Waals surface area (Å²) >= 11 is 0. The molecule has 0 aromatic heterocycles. The molecule has 150 valence electrons. The minimum absolute atomic E-state index is 0.0761. The van der Waals surface area contributed by atoms with Gasteiger partial charge in [0.15, 0.2) is 0 Å². The lowest BCUT2D eigenvalue weighted by atomic mass is 10.1. The van der Waals surface area contributed by atoms with Crippen molar-refractivity contribution in [2.75, 3.05) is 19.6 Å². The SMILES string of the molecule is CCCN(CC(=O)O)C(=O)c1cc(S(=O)(=O)N2CCCCC2C)ccc1C. The van der Waals surface area contributed by atoms with Crippen LogP contribution in [0.15, 0.2) is 23.1 Å². The molecule has 1 aromatic carbocycles. The van der Waals surface area contributed by atoms with Gasteiger partial charge in [-0.15, -0.1) is 0 Å². The second-order valence-corrected chi connectivity index (χ2v) is 8.95. The molecule has 1 aliphatic heterocycles. The van der Waals surface area contributed by atoms with Gasteiger partial charge in [-0.3, -0.25) is 9.59 Å². The average molecular weight is 397 g/mol. The van der Waals surface area contributed by atoms with Gasteiger partial charge in [-0.2, -0.15) is 4.31 Å². The van der Waals surface area contributed by atoms with Gasteiger partial charge in [0.05, 0.1) is 4.90 Å². The molecule has 27 heavy (non-hydrogen) atoms. The number of hydrogen-bond donors (Lipinski definition) is 1. The lowest BCUT2D eigenvalue weighted by Crippen LogP contribution is -2.42. The van der Waals surface area contributed by atoms with E-state index in [1.165, 1.54) is 21.3 Å². The summed E-state index contributed by atoms with van der Waals surface area (Å²) in [6, 6.07) is 4.44. The second kappa shape index (κ2) is 8.84. The first-order chi connectivity index (χ1) is 12.7. The van der Waals surface area contributed by atoms with Crippen LogP contribution in [0.5, 0.6) is 0 Å². The standard InChI is InChI=1S/C19H28N2O5S/c1-4-10-20(13-18(22)23)19(24)17-12-16(9-8-14(17)2)27(25,26)21-11-6-5-7-15(21)3/h8-9,12,15H,4-7,10-11,13H2,1-3H3,(H,22,23). The third kappa shape index (κ3) is 4.87. The van der Waals surface area contributed by atoms with Crippen LogP contribution in [0, 0.1) is 6.92 Å². The number of carbonyl (C=O) groups is 2. The third-order valence-electron chi connectivity index (χ3n) is 4.89. The molecule has 1 fully saturated rings. The Morgan fingerprint density at radius 2 is 2.00 bits per heavy atom. The molecular formula is C19H28N2O5S. The van der Waals surface area contributed by atoms with Crippen molar-refractivity contribution < 1.29 is 23.1 Å². The third-order valence-corrected chi connectivity index (χ3v) is 6.90. The first kappa shape index (κ1) is 21.4. The van der Waals surface area contributed by atoms with Crippen molar-refractivity contribution in [3.63, 3.8) is 0 Å². The Hall–Kier alpha value is -1.93. The van der Waals surface area contributed by atoms with Crippen LogP contribution in [0.4, 0.5) is 0 Å². The van der Waals surface area contributed by atoms with Crippen LogP contribution in [0.25, 0.3) is 0 Å². The van der Waals surface area contributed by atoms with Gasteiger partial charge in [0.1, 0.15) is 6.54 Å². The predicted octanol–water partition coefficient (Wildman–Crippen LogP) is 2.49. The predicted molar refractivity (Wildman–Crippen MR) is 102 cm³/mol. The number of rotatable bonds is 7. The Balaban J connectivity index is 2.40. The lowest BCUT2D eigenvalue weighted by molar-refractivity contribution is -0.137. The van der Waals surface area contributed by atoms with Crippen molar-refractivity contribution in [1.82, 2.24) is 9.21 Å². The molecule has 1 aromatic rings. The van der Waals surface area contributed by atoms with Crippen molar-refractivity contribution in [2.45, 2.75) is 57.4 Å². The van der Waals surface area contributed by atoms with Gasteiger partial charge in [0.25, 0.3) is 5.91 Å². The fourth-order valence-electron chi connectivity index (χ4n) is 3.41. The van der Waals surface area contributed by atoms with Crippen LogP contribution in [-0.4, -0.2) is 60.3 Å². The van der Waals surface area contributed by atoms with Crippen LogP contribution in [0.3, 0.4) is 0 Å². The molecule has 0 saturated carbocycles. The normalized spacial score (nSPS) is 18.3. The van der Waals surface area contributed by atoms with Crippen molar-refractivity contribution in [3.8, 4) is 0 Å². The number of amides is 1. The van der Waals surface area contributed by atoms with Crippen molar-refractivity contribution in [2.24, 2.45) is 0 Å². The van der Waals surface area contributed by atoms with Crippen molar-refractivity contribution in [1.29, 1.82) is 0 Å². The van der Waals surface area contributed by atoms with Crippen LogP contribution in [0.2, 0.25) is 0 Å². The molecule has 1 atom stereocenters. The summed E-state index contributed by atoms with van der Waals surface area (Å²) in [6.45, 7) is 5.83. The summed E-state index contributed by atoms with van der Waals surface area (Å²) in [5.74, 6) is -1.55. The molecule has 0 bridgehead atoms. The van der Waals surface area contributed by atoms with E-state index < -0.39 is 28.4 Å². The van der Waals surface area contributed by atoms with Crippen molar-refractivity contribution in [3.05, 3.63) is 29.3 Å². The summed E-state index contributed by atoms with van der Waals surface area (Å²) in [7, 11) is -3.70. The molecule has 2 rings (SSSR count). The van der Waals surface area contributed by atoms with Gasteiger partial charge >= 0.3 is 5.97 Å². The molecule has 1 heterocycles. The Morgan fingerprint density at radius 3 is 2.59 bits per heavy atom. The fourth-order valence-corrected chi connectivity index (χ4v) is 5.14. The van der Waals surface area contributed by atoms with Gasteiger partial charge in [-0.25, -0.2) is 8.42 Å². The van der Waals surface area contributed by atoms with E-state index in [0.717, 1.165) is 19.3 Å². The van der Waals surface area contributed by atoms with E-state index in [0.29, 0.717) is 25.1 Å². The highest BCUT2D eigenvalue weighted by Gasteiger charge is 2.32. The van der Waals surface area contributed by atoms with Gasteiger partial charge in [0, 0.05) is 24.7 Å². The highest BCUT2D eigenvalue weighted by Crippen LogP contribution is 2.26. The number of sulfonamides is 1. The molecule has 8 heteroatoms. The molecule has 0 spiro atoms. The fraction of sp³-hybridized carbons (Fsp3) is 0.579. The average Bonchev–Trinajstić information content (AvgIpc) is 2.61. The topological polar surface area (TPSA) is 95.0 Å². The molecule has 1 N–H and O–H groups in total. The quantitative estimate of drug-likeness (QED) is 0.764. The zero-order chi connectivity index (χ0) is 20.2. The van der Waals surface area contributed by atoms with Crippen LogP contribution in [0.1, 0.15) is 55.5 Å². The zero-order valence-electron chi connectivity index (χ0n) is 16.1. The number of carboxylic acid groups (broad SMARTS) is 1. The highest BCUT2D eigenvalue weighted by molar-refractivity contribution is 7.89. The first-order valence-corrected chi connectivity index (χ1v) is 10.8.